The molecule has 0 aliphatic rings. The number of carbonyl (C=O) groups is 2. The number of hydrogen-bond acceptors (Lipinski definition) is 4. The van der Waals surface area contributed by atoms with Crippen molar-refractivity contribution < 1.29 is 14.7 Å². The summed E-state index contributed by atoms with van der Waals surface area (Å²) in [6, 6.07) is 6.35. The molecule has 0 saturated carbocycles. The van der Waals surface area contributed by atoms with E-state index >= 15 is 0 Å². The molecule has 0 unspecified atom stereocenters. The van der Waals surface area contributed by atoms with E-state index in [0.717, 1.165) is 11.3 Å². The summed E-state index contributed by atoms with van der Waals surface area (Å²) in [5, 5.41) is 15.2. The molecule has 0 aliphatic carbocycles. The van der Waals surface area contributed by atoms with Gasteiger partial charge in [-0.05, 0) is 25.1 Å². The normalized spacial score (nSPS) is 10.2. The quantitative estimate of drug-likeness (QED) is 0.805. The number of thiazole rings is 1. The predicted molar refractivity (Wildman–Crippen MR) is 81.1 cm³/mol. The smallest absolute Gasteiger partial charge is 0.347 e. The highest BCUT2D eigenvalue weighted by molar-refractivity contribution is 7.13. The minimum atomic E-state index is -1.01. The Labute approximate surface area is 129 Å². The summed E-state index contributed by atoms with van der Waals surface area (Å²) in [7, 11) is 0. The van der Waals surface area contributed by atoms with Gasteiger partial charge in [-0.2, -0.15) is 0 Å². The fourth-order valence-corrected chi connectivity index (χ4v) is 2.66. The van der Waals surface area contributed by atoms with E-state index in [-0.39, 0.29) is 11.4 Å². The number of carbonyl (C=O) groups excluding carboxylic acids is 1. The largest absolute Gasteiger partial charge is 0.477 e. The lowest BCUT2D eigenvalue weighted by Gasteiger charge is -2.06. The van der Waals surface area contributed by atoms with Crippen LogP contribution in [0.25, 0.3) is 0 Å². The summed E-state index contributed by atoms with van der Waals surface area (Å²) >= 11 is 6.86. The van der Waals surface area contributed by atoms with E-state index in [9.17, 15) is 9.59 Å². The number of nitrogens with one attached hydrogen (secondary N) is 2. The van der Waals surface area contributed by atoms with Crippen LogP contribution in [0.4, 0.5) is 10.5 Å². The summed E-state index contributed by atoms with van der Waals surface area (Å²) in [5.41, 5.74) is 1.01. The van der Waals surface area contributed by atoms with Crippen molar-refractivity contribution in [3.05, 3.63) is 44.9 Å². The van der Waals surface area contributed by atoms with Gasteiger partial charge in [-0.15, -0.1) is 11.3 Å². The van der Waals surface area contributed by atoms with Crippen LogP contribution in [-0.2, 0) is 6.54 Å². The summed E-state index contributed by atoms with van der Waals surface area (Å²) in [6.45, 7) is 1.78. The van der Waals surface area contributed by atoms with Gasteiger partial charge >= 0.3 is 12.0 Å². The van der Waals surface area contributed by atoms with Crippen LogP contribution in [0.2, 0.25) is 5.02 Å². The van der Waals surface area contributed by atoms with Crippen molar-refractivity contribution in [2.45, 2.75) is 13.5 Å². The standard InChI is InChI=1S/C13H12ClN3O3S/c1-7-11(12(18)19)21-10(16-7)6-15-13(20)17-9-4-2-3-8(14)5-9/h2-5H,6H2,1H3,(H,18,19)(H2,15,17,20). The van der Waals surface area contributed by atoms with Crippen LogP contribution in [0, 0.1) is 6.92 Å². The van der Waals surface area contributed by atoms with Crippen LogP contribution in [0.5, 0.6) is 0 Å². The molecule has 0 spiro atoms. The number of aromatic nitrogens is 1. The highest BCUT2D eigenvalue weighted by atomic mass is 35.5. The molecule has 3 N–H and O–H groups in total. The predicted octanol–water partition coefficient (Wildman–Crippen LogP) is 3.12. The number of benzene rings is 1. The summed E-state index contributed by atoms with van der Waals surface area (Å²) in [5.74, 6) is -1.01. The zero-order valence-electron chi connectivity index (χ0n) is 11.0. The Kier molecular flexibility index (Phi) is 4.77. The summed E-state index contributed by atoms with van der Waals surface area (Å²) < 4.78 is 0. The van der Waals surface area contributed by atoms with Gasteiger partial charge in [-0.3, -0.25) is 0 Å². The Morgan fingerprint density at radius 2 is 2.19 bits per heavy atom. The van der Waals surface area contributed by atoms with Crippen LogP contribution in [0.15, 0.2) is 24.3 Å². The maximum Gasteiger partial charge on any atom is 0.347 e. The summed E-state index contributed by atoms with van der Waals surface area (Å²) in [6.07, 6.45) is 0. The highest BCUT2D eigenvalue weighted by Crippen LogP contribution is 2.18. The van der Waals surface area contributed by atoms with E-state index in [4.69, 9.17) is 16.7 Å². The molecule has 2 aromatic rings. The third-order valence-electron chi connectivity index (χ3n) is 2.52. The zero-order chi connectivity index (χ0) is 15.4. The van der Waals surface area contributed by atoms with Crippen molar-refractivity contribution in [1.82, 2.24) is 10.3 Å². The van der Waals surface area contributed by atoms with Crippen LogP contribution >= 0.6 is 22.9 Å². The van der Waals surface area contributed by atoms with Crippen molar-refractivity contribution in [1.29, 1.82) is 0 Å². The first-order valence-corrected chi connectivity index (χ1v) is 7.15. The molecule has 0 fully saturated rings. The topological polar surface area (TPSA) is 91.3 Å². The molecule has 0 bridgehead atoms. The number of carboxylic acid groups (broad SMARTS) is 1. The lowest BCUT2D eigenvalue weighted by Crippen LogP contribution is -2.28. The van der Waals surface area contributed by atoms with Crippen molar-refractivity contribution >= 4 is 40.6 Å². The van der Waals surface area contributed by atoms with Gasteiger partial charge in [-0.25, -0.2) is 14.6 Å². The van der Waals surface area contributed by atoms with Gasteiger partial charge in [0.1, 0.15) is 9.88 Å². The van der Waals surface area contributed by atoms with Crippen LogP contribution in [-0.4, -0.2) is 22.1 Å². The molecule has 2 rings (SSSR count). The zero-order valence-corrected chi connectivity index (χ0v) is 12.6. The van der Waals surface area contributed by atoms with E-state index in [0.29, 0.717) is 21.4 Å². The molecular weight excluding hydrogens is 314 g/mol. The first-order chi connectivity index (χ1) is 9.95. The average molecular weight is 326 g/mol. The number of rotatable bonds is 4. The van der Waals surface area contributed by atoms with Crippen LogP contribution in [0.1, 0.15) is 20.4 Å². The Bertz CT molecular complexity index is 687. The molecule has 0 atom stereocenters. The third-order valence-corrected chi connectivity index (χ3v) is 3.90. The van der Waals surface area contributed by atoms with Gasteiger partial charge in [0, 0.05) is 10.7 Å². The number of amides is 2. The molecule has 21 heavy (non-hydrogen) atoms. The molecule has 8 heteroatoms. The lowest BCUT2D eigenvalue weighted by atomic mass is 10.3. The van der Waals surface area contributed by atoms with Crippen molar-refractivity contribution in [2.75, 3.05) is 5.32 Å². The minimum absolute atomic E-state index is 0.158. The number of halogens is 1. The van der Waals surface area contributed by atoms with Gasteiger partial charge in [0.15, 0.2) is 0 Å². The van der Waals surface area contributed by atoms with Gasteiger partial charge < -0.3 is 15.7 Å². The number of hydrogen-bond donors (Lipinski definition) is 3. The second-order valence-corrected chi connectivity index (χ2v) is 5.67. The molecule has 0 saturated heterocycles. The number of anilines is 1. The maximum absolute atomic E-state index is 11.7. The lowest BCUT2D eigenvalue weighted by molar-refractivity contribution is 0.0701. The molecular formula is C13H12ClN3O3S. The minimum Gasteiger partial charge on any atom is -0.477 e. The fraction of sp³-hybridized carbons (Fsp3) is 0.154. The fourth-order valence-electron chi connectivity index (χ4n) is 1.62. The maximum atomic E-state index is 11.7. The number of urea groups is 1. The number of aromatic carboxylic acids is 1. The Morgan fingerprint density at radius 3 is 2.81 bits per heavy atom. The second-order valence-electron chi connectivity index (χ2n) is 4.15. The highest BCUT2D eigenvalue weighted by Gasteiger charge is 2.14. The van der Waals surface area contributed by atoms with Crippen molar-refractivity contribution in [3.63, 3.8) is 0 Å². The first kappa shape index (κ1) is 15.3. The molecule has 2 amide bonds. The molecule has 1 aromatic carbocycles. The van der Waals surface area contributed by atoms with Gasteiger partial charge in [-0.1, -0.05) is 17.7 Å². The molecule has 1 aromatic heterocycles. The first-order valence-electron chi connectivity index (χ1n) is 5.95. The Morgan fingerprint density at radius 1 is 1.43 bits per heavy atom. The molecule has 6 nitrogen and oxygen atoms in total. The average Bonchev–Trinajstić information content (AvgIpc) is 2.78. The molecule has 110 valence electrons. The molecule has 0 aliphatic heterocycles. The van der Waals surface area contributed by atoms with Crippen LogP contribution in [0.3, 0.4) is 0 Å². The summed E-state index contributed by atoms with van der Waals surface area (Å²) in [4.78, 5) is 26.9. The third kappa shape index (κ3) is 4.17. The molecule has 0 radical (unpaired) electrons. The van der Waals surface area contributed by atoms with Gasteiger partial charge in [0.2, 0.25) is 0 Å². The second kappa shape index (κ2) is 6.55. The SMILES string of the molecule is Cc1nc(CNC(=O)Nc2cccc(Cl)c2)sc1C(=O)O. The van der Waals surface area contributed by atoms with E-state index in [1.165, 1.54) is 0 Å². The van der Waals surface area contributed by atoms with Crippen molar-refractivity contribution in [2.24, 2.45) is 0 Å². The van der Waals surface area contributed by atoms with Gasteiger partial charge in [0.25, 0.3) is 0 Å². The van der Waals surface area contributed by atoms with E-state index in [2.05, 4.69) is 15.6 Å². The van der Waals surface area contributed by atoms with Crippen molar-refractivity contribution in [3.8, 4) is 0 Å². The van der Waals surface area contributed by atoms with E-state index in [1.807, 2.05) is 0 Å². The van der Waals surface area contributed by atoms with E-state index < -0.39 is 12.0 Å². The van der Waals surface area contributed by atoms with Crippen LogP contribution < -0.4 is 10.6 Å². The van der Waals surface area contributed by atoms with E-state index in [1.54, 1.807) is 31.2 Å². The Balaban J connectivity index is 1.92. The Hall–Kier alpha value is -2.12. The van der Waals surface area contributed by atoms with Gasteiger partial charge in [0.05, 0.1) is 12.2 Å². The molecule has 1 heterocycles. The number of nitrogens with zero attached hydrogens (tertiary/aromatic N) is 1. The number of aryl methyl sites for hydroxylation is 1. The monoisotopic (exact) mass is 325 g/mol. The number of carboxylic acids is 1.